The van der Waals surface area contributed by atoms with Crippen LogP contribution in [0, 0.1) is 17.5 Å². The first kappa shape index (κ1) is 33.8. The van der Waals surface area contributed by atoms with E-state index in [2.05, 4.69) is 15.5 Å². The van der Waals surface area contributed by atoms with Crippen molar-refractivity contribution < 1.29 is 52.0 Å². The average molecular weight is 654 g/mol. The predicted octanol–water partition coefficient (Wildman–Crippen LogP) is 2.88. The van der Waals surface area contributed by atoms with Crippen molar-refractivity contribution >= 4 is 6.09 Å². The summed E-state index contributed by atoms with van der Waals surface area (Å²) in [7, 11) is 1.39. The number of hydrogen-bond donors (Lipinski definition) is 3. The molecule has 0 radical (unpaired) electrons. The number of methoxy groups -OCH3 is 1. The van der Waals surface area contributed by atoms with E-state index in [4.69, 9.17) is 18.7 Å². The van der Waals surface area contributed by atoms with E-state index in [0.29, 0.717) is 25.1 Å². The van der Waals surface area contributed by atoms with Crippen molar-refractivity contribution in [3.63, 3.8) is 0 Å². The molecule has 1 aromatic carbocycles. The summed E-state index contributed by atoms with van der Waals surface area (Å²) in [6.07, 6.45) is -2.17. The van der Waals surface area contributed by atoms with Crippen LogP contribution in [0.4, 0.5) is 18.0 Å². The molecule has 16 heteroatoms. The fraction of sp³-hybridized carbons (Fsp3) is 0.600. The summed E-state index contributed by atoms with van der Waals surface area (Å²) in [5.41, 5.74) is -1.71. The lowest BCUT2D eigenvalue weighted by Crippen LogP contribution is -2.57. The Morgan fingerprint density at radius 1 is 1.13 bits per heavy atom. The Balaban J connectivity index is 1.33. The Hall–Kier alpha value is -3.57. The number of aliphatic hydroxyl groups is 3. The quantitative estimate of drug-likeness (QED) is 0.321. The van der Waals surface area contributed by atoms with Gasteiger partial charge in [-0.3, -0.25) is 0 Å². The number of nitrogens with zero attached hydrogens (tertiary/aromatic N) is 5. The Morgan fingerprint density at radius 3 is 2.50 bits per heavy atom. The van der Waals surface area contributed by atoms with Crippen LogP contribution in [0.5, 0.6) is 0 Å². The fourth-order valence-electron chi connectivity index (χ4n) is 5.90. The molecule has 3 aromatic rings. The number of likely N-dealkylation sites (tertiary alicyclic amines) is 1. The number of aromatic nitrogens is 4. The van der Waals surface area contributed by atoms with Crippen LogP contribution in [-0.4, -0.2) is 103 Å². The molecule has 0 spiro atoms. The number of carbonyl (C=O) groups excluding carboxylic acids is 1. The van der Waals surface area contributed by atoms with E-state index in [1.165, 1.54) is 18.0 Å². The SMILES string of the molecule is CO[C@@H]1[C@@H](n2cc(-c3cc(F)c(F)c(F)c3)nn2)[C@@H](O)[C@@H](CO)O[C@@H]1Cc1cc(C2(O)CCCN(C(=O)OC(C)(C)C)CC2)on1. The number of carbonyl (C=O) groups is 1. The third-order valence-corrected chi connectivity index (χ3v) is 8.22. The first-order valence-electron chi connectivity index (χ1n) is 14.9. The molecule has 46 heavy (non-hydrogen) atoms. The van der Waals surface area contributed by atoms with E-state index in [0.717, 1.165) is 12.1 Å². The summed E-state index contributed by atoms with van der Waals surface area (Å²) in [5, 5.41) is 44.7. The molecule has 2 fully saturated rings. The van der Waals surface area contributed by atoms with Gasteiger partial charge in [0, 0.05) is 44.7 Å². The van der Waals surface area contributed by atoms with Crippen LogP contribution in [-0.2, 0) is 26.2 Å². The highest BCUT2D eigenvalue weighted by atomic mass is 19.2. The average Bonchev–Trinajstić information content (AvgIpc) is 3.63. The molecule has 2 aromatic heterocycles. The van der Waals surface area contributed by atoms with Gasteiger partial charge >= 0.3 is 6.09 Å². The van der Waals surface area contributed by atoms with Crippen LogP contribution in [0.15, 0.2) is 28.9 Å². The summed E-state index contributed by atoms with van der Waals surface area (Å²) in [4.78, 5) is 14.1. The summed E-state index contributed by atoms with van der Waals surface area (Å²) in [6.45, 7) is 5.45. The van der Waals surface area contributed by atoms with Gasteiger partial charge in [-0.25, -0.2) is 22.6 Å². The Kier molecular flexibility index (Phi) is 9.75. The number of ether oxygens (including phenoxy) is 3. The van der Waals surface area contributed by atoms with Crippen molar-refractivity contribution in [3.8, 4) is 11.3 Å². The maximum absolute atomic E-state index is 13.9. The van der Waals surface area contributed by atoms with Crippen molar-refractivity contribution in [2.24, 2.45) is 0 Å². The molecule has 2 saturated heterocycles. The first-order valence-corrected chi connectivity index (χ1v) is 14.9. The standard InChI is InChI=1S/C30H38F3N5O8/c1-29(2,3)45-28(41)37-8-5-6-30(42,7-9-37)23-13-17(35-46-23)12-21-27(43-4)25(26(40)22(15-39)44-21)38-14-20(34-36-38)16-10-18(31)24(33)19(32)11-16/h10-11,13-14,21-22,25-27,39-40,42H,5-9,12,15H2,1-4H3/t21-,22-,25+,26+,27+,30?/m1/s1. The van der Waals surface area contributed by atoms with Gasteiger partial charge in [0.15, 0.2) is 23.2 Å². The molecule has 0 saturated carbocycles. The third-order valence-electron chi connectivity index (χ3n) is 8.22. The molecule has 0 aliphatic carbocycles. The lowest BCUT2D eigenvalue weighted by molar-refractivity contribution is -0.212. The molecular weight excluding hydrogens is 615 g/mol. The largest absolute Gasteiger partial charge is 0.444 e. The highest BCUT2D eigenvalue weighted by molar-refractivity contribution is 5.68. The molecule has 3 N–H and O–H groups in total. The molecular formula is C30H38F3N5O8. The number of amides is 1. The fourth-order valence-corrected chi connectivity index (χ4v) is 5.90. The number of aliphatic hydroxyl groups excluding tert-OH is 2. The van der Waals surface area contributed by atoms with Crippen LogP contribution >= 0.6 is 0 Å². The normalized spacial score (nSPS) is 27.4. The second-order valence-corrected chi connectivity index (χ2v) is 12.7. The van der Waals surface area contributed by atoms with E-state index in [1.54, 1.807) is 31.7 Å². The van der Waals surface area contributed by atoms with Crippen LogP contribution in [0.2, 0.25) is 0 Å². The Labute approximate surface area is 262 Å². The van der Waals surface area contributed by atoms with Crippen molar-refractivity contribution in [2.75, 3.05) is 26.8 Å². The van der Waals surface area contributed by atoms with Gasteiger partial charge < -0.3 is 39.0 Å². The van der Waals surface area contributed by atoms with Crippen molar-refractivity contribution in [1.82, 2.24) is 25.1 Å². The molecule has 13 nitrogen and oxygen atoms in total. The maximum Gasteiger partial charge on any atom is 0.410 e. The van der Waals surface area contributed by atoms with Gasteiger partial charge in [0.05, 0.1) is 24.6 Å². The van der Waals surface area contributed by atoms with Crippen LogP contribution in [0.3, 0.4) is 0 Å². The zero-order chi connectivity index (χ0) is 33.4. The monoisotopic (exact) mass is 653 g/mol. The molecule has 4 heterocycles. The minimum Gasteiger partial charge on any atom is -0.444 e. The summed E-state index contributed by atoms with van der Waals surface area (Å²) < 4.78 is 65.2. The van der Waals surface area contributed by atoms with Crippen LogP contribution < -0.4 is 0 Å². The van der Waals surface area contributed by atoms with Gasteiger partial charge in [-0.2, -0.15) is 0 Å². The van der Waals surface area contributed by atoms with E-state index in [-0.39, 0.29) is 36.4 Å². The minimum atomic E-state index is -1.62. The smallest absolute Gasteiger partial charge is 0.410 e. The maximum atomic E-state index is 13.9. The van der Waals surface area contributed by atoms with Gasteiger partial charge in [-0.1, -0.05) is 10.4 Å². The number of rotatable bonds is 7. The van der Waals surface area contributed by atoms with Crippen LogP contribution in [0.1, 0.15) is 57.5 Å². The lowest BCUT2D eigenvalue weighted by atomic mass is 9.89. The molecule has 2 aliphatic heterocycles. The van der Waals surface area contributed by atoms with Gasteiger partial charge in [-0.05, 0) is 45.7 Å². The highest BCUT2D eigenvalue weighted by Crippen LogP contribution is 2.37. The topological polar surface area (TPSA) is 165 Å². The molecule has 1 unspecified atom stereocenters. The van der Waals surface area contributed by atoms with Gasteiger partial charge in [0.2, 0.25) is 0 Å². The Morgan fingerprint density at radius 2 is 1.85 bits per heavy atom. The Bertz CT molecular complexity index is 1510. The molecule has 2 aliphatic rings. The summed E-state index contributed by atoms with van der Waals surface area (Å²) in [6, 6.07) is 2.17. The molecule has 1 amide bonds. The van der Waals surface area contributed by atoms with Gasteiger partial charge in [0.1, 0.15) is 41.2 Å². The third kappa shape index (κ3) is 7.05. The van der Waals surface area contributed by atoms with Crippen LogP contribution in [0.25, 0.3) is 11.3 Å². The lowest BCUT2D eigenvalue weighted by Gasteiger charge is -2.43. The summed E-state index contributed by atoms with van der Waals surface area (Å²) in [5.74, 6) is -4.19. The van der Waals surface area contributed by atoms with E-state index in [9.17, 15) is 33.3 Å². The van der Waals surface area contributed by atoms with Gasteiger partial charge in [-0.15, -0.1) is 5.10 Å². The van der Waals surface area contributed by atoms with E-state index < -0.39 is 71.8 Å². The van der Waals surface area contributed by atoms with E-state index >= 15 is 0 Å². The molecule has 5 rings (SSSR count). The first-order chi connectivity index (χ1) is 21.7. The van der Waals surface area contributed by atoms with Crippen molar-refractivity contribution in [2.45, 2.75) is 88.1 Å². The second kappa shape index (κ2) is 13.3. The minimum absolute atomic E-state index is 0.00599. The highest BCUT2D eigenvalue weighted by Gasteiger charge is 2.47. The summed E-state index contributed by atoms with van der Waals surface area (Å²) >= 11 is 0. The van der Waals surface area contributed by atoms with Gasteiger partial charge in [0.25, 0.3) is 0 Å². The number of halogens is 3. The zero-order valence-corrected chi connectivity index (χ0v) is 25.9. The number of hydrogen-bond acceptors (Lipinski definition) is 11. The molecule has 0 bridgehead atoms. The molecule has 252 valence electrons. The van der Waals surface area contributed by atoms with Crippen molar-refractivity contribution in [3.05, 3.63) is 53.3 Å². The van der Waals surface area contributed by atoms with E-state index in [1.807, 2.05) is 0 Å². The predicted molar refractivity (Wildman–Crippen MR) is 153 cm³/mol. The van der Waals surface area contributed by atoms with Crippen molar-refractivity contribution in [1.29, 1.82) is 0 Å². The second-order valence-electron chi connectivity index (χ2n) is 12.7. The molecule has 6 atom stereocenters. The zero-order valence-electron chi connectivity index (χ0n) is 25.9. The number of benzene rings is 1.